The molecular formula is C12H7ClN2O2. The number of anilines is 1. The van der Waals surface area contributed by atoms with Crippen molar-refractivity contribution in [2.45, 2.75) is 0 Å². The molecular weight excluding hydrogens is 240 g/mol. The first-order valence-corrected chi connectivity index (χ1v) is 5.13. The zero-order chi connectivity index (χ0) is 12.3. The Bertz CT molecular complexity index is 581. The predicted molar refractivity (Wildman–Crippen MR) is 62.8 cm³/mol. The average Bonchev–Trinajstić information content (AvgIpc) is 2.76. The third kappa shape index (κ3) is 2.47. The molecule has 0 aliphatic rings. The van der Waals surface area contributed by atoms with E-state index in [1.54, 1.807) is 24.3 Å². The van der Waals surface area contributed by atoms with Gasteiger partial charge in [-0.2, -0.15) is 5.26 Å². The van der Waals surface area contributed by atoms with E-state index in [9.17, 15) is 4.79 Å². The maximum Gasteiger partial charge on any atom is 0.260 e. The largest absolute Gasteiger partial charge is 0.452 e. The fraction of sp³-hybridized carbons (Fsp3) is 0. The van der Waals surface area contributed by atoms with Crippen LogP contribution in [0.3, 0.4) is 0 Å². The van der Waals surface area contributed by atoms with E-state index in [0.717, 1.165) is 0 Å². The van der Waals surface area contributed by atoms with Crippen LogP contribution in [0.5, 0.6) is 0 Å². The smallest absolute Gasteiger partial charge is 0.260 e. The highest BCUT2D eigenvalue weighted by molar-refractivity contribution is 6.32. The summed E-state index contributed by atoms with van der Waals surface area (Å²) in [6, 6.07) is 10.0. The molecule has 0 atom stereocenters. The van der Waals surface area contributed by atoms with Crippen molar-refractivity contribution in [3.05, 3.63) is 52.9 Å². The van der Waals surface area contributed by atoms with Crippen LogP contribution < -0.4 is 5.32 Å². The van der Waals surface area contributed by atoms with Gasteiger partial charge in [-0.3, -0.25) is 4.79 Å². The molecule has 0 bridgehead atoms. The molecule has 0 radical (unpaired) electrons. The number of halogens is 1. The summed E-state index contributed by atoms with van der Waals surface area (Å²) in [5.74, 6) is -0.353. The van der Waals surface area contributed by atoms with Gasteiger partial charge in [-0.05, 0) is 41.9 Å². The molecule has 17 heavy (non-hydrogen) atoms. The van der Waals surface area contributed by atoms with Gasteiger partial charge >= 0.3 is 0 Å². The second-order valence-corrected chi connectivity index (χ2v) is 3.59. The molecule has 0 saturated heterocycles. The molecule has 1 aromatic heterocycles. The Morgan fingerprint density at radius 3 is 2.53 bits per heavy atom. The topological polar surface area (TPSA) is 66.0 Å². The van der Waals surface area contributed by atoms with Crippen LogP contribution >= 0.6 is 11.6 Å². The first kappa shape index (κ1) is 11.2. The van der Waals surface area contributed by atoms with Crippen LogP contribution in [-0.2, 0) is 0 Å². The Morgan fingerprint density at radius 2 is 2.00 bits per heavy atom. The van der Waals surface area contributed by atoms with Gasteiger partial charge in [0.15, 0.2) is 0 Å². The summed E-state index contributed by atoms with van der Waals surface area (Å²) >= 11 is 5.68. The summed E-state index contributed by atoms with van der Waals surface area (Å²) in [5, 5.41) is 11.3. The number of hydrogen-bond acceptors (Lipinski definition) is 3. The normalized spacial score (nSPS) is 9.65. The lowest BCUT2D eigenvalue weighted by atomic mass is 10.2. The molecule has 1 aromatic carbocycles. The molecule has 2 aromatic rings. The van der Waals surface area contributed by atoms with Gasteiger partial charge in [0, 0.05) is 5.69 Å². The van der Waals surface area contributed by atoms with Gasteiger partial charge in [-0.25, -0.2) is 0 Å². The number of carbonyl (C=O) groups is 1. The maximum absolute atomic E-state index is 11.7. The van der Waals surface area contributed by atoms with E-state index in [4.69, 9.17) is 21.3 Å². The van der Waals surface area contributed by atoms with Crippen molar-refractivity contribution >= 4 is 23.2 Å². The Labute approximate surface area is 102 Å². The molecule has 1 N–H and O–H groups in total. The van der Waals surface area contributed by atoms with E-state index in [-0.39, 0.29) is 16.7 Å². The van der Waals surface area contributed by atoms with Crippen LogP contribution in [0.4, 0.5) is 5.69 Å². The molecule has 0 saturated carbocycles. The van der Waals surface area contributed by atoms with Crippen LogP contribution in [0, 0.1) is 11.3 Å². The second-order valence-electron chi connectivity index (χ2n) is 3.25. The summed E-state index contributed by atoms with van der Waals surface area (Å²) in [7, 11) is 0. The van der Waals surface area contributed by atoms with Crippen LogP contribution in [0.15, 0.2) is 41.0 Å². The van der Waals surface area contributed by atoms with Gasteiger partial charge in [0.1, 0.15) is 0 Å². The summed E-state index contributed by atoms with van der Waals surface area (Å²) in [6.07, 6.45) is 1.34. The number of furan rings is 1. The van der Waals surface area contributed by atoms with E-state index >= 15 is 0 Å². The number of nitrogens with one attached hydrogen (secondary N) is 1. The van der Waals surface area contributed by atoms with Gasteiger partial charge < -0.3 is 9.73 Å². The zero-order valence-corrected chi connectivity index (χ0v) is 9.36. The van der Waals surface area contributed by atoms with Gasteiger partial charge in [0.2, 0.25) is 5.22 Å². The molecule has 0 fully saturated rings. The summed E-state index contributed by atoms with van der Waals surface area (Å²) in [4.78, 5) is 11.7. The number of nitriles is 1. The molecule has 84 valence electrons. The molecule has 1 heterocycles. The molecule has 0 unspecified atom stereocenters. The van der Waals surface area contributed by atoms with Crippen LogP contribution in [0.1, 0.15) is 15.9 Å². The molecule has 0 aliphatic carbocycles. The van der Waals surface area contributed by atoms with Crippen LogP contribution in [0.25, 0.3) is 0 Å². The number of amides is 1. The molecule has 2 rings (SSSR count). The van der Waals surface area contributed by atoms with Crippen molar-refractivity contribution in [3.8, 4) is 6.07 Å². The lowest BCUT2D eigenvalue weighted by Crippen LogP contribution is -2.11. The van der Waals surface area contributed by atoms with Crippen molar-refractivity contribution in [2.24, 2.45) is 0 Å². The fourth-order valence-corrected chi connectivity index (χ4v) is 1.48. The minimum atomic E-state index is -0.353. The van der Waals surface area contributed by atoms with E-state index in [2.05, 4.69) is 5.32 Å². The first-order chi connectivity index (χ1) is 8.20. The maximum atomic E-state index is 11.7. The molecule has 4 nitrogen and oxygen atoms in total. The Balaban J connectivity index is 2.14. The highest BCUT2D eigenvalue weighted by atomic mass is 35.5. The third-order valence-electron chi connectivity index (χ3n) is 2.13. The summed E-state index contributed by atoms with van der Waals surface area (Å²) in [6.45, 7) is 0. The van der Waals surface area contributed by atoms with Crippen molar-refractivity contribution in [1.29, 1.82) is 5.26 Å². The second kappa shape index (κ2) is 4.73. The van der Waals surface area contributed by atoms with Crippen molar-refractivity contribution < 1.29 is 9.21 Å². The lowest BCUT2D eigenvalue weighted by Gasteiger charge is -2.03. The van der Waals surface area contributed by atoms with Gasteiger partial charge in [-0.15, -0.1) is 0 Å². The fourth-order valence-electron chi connectivity index (χ4n) is 1.28. The number of nitrogens with zero attached hydrogens (tertiary/aromatic N) is 1. The van der Waals surface area contributed by atoms with Crippen molar-refractivity contribution in [1.82, 2.24) is 0 Å². The van der Waals surface area contributed by atoms with Gasteiger partial charge in [-0.1, -0.05) is 0 Å². The Morgan fingerprint density at radius 1 is 1.29 bits per heavy atom. The number of carbonyl (C=O) groups excluding carboxylic acids is 1. The Kier molecular flexibility index (Phi) is 3.12. The molecule has 1 amide bonds. The van der Waals surface area contributed by atoms with E-state index in [1.807, 2.05) is 6.07 Å². The quantitative estimate of drug-likeness (QED) is 0.886. The molecule has 0 spiro atoms. The number of rotatable bonds is 2. The summed E-state index contributed by atoms with van der Waals surface area (Å²) < 4.78 is 4.82. The Hall–Kier alpha value is -2.25. The van der Waals surface area contributed by atoms with Crippen LogP contribution in [0.2, 0.25) is 5.22 Å². The van der Waals surface area contributed by atoms with E-state index in [0.29, 0.717) is 11.3 Å². The minimum Gasteiger partial charge on any atom is -0.452 e. The monoisotopic (exact) mass is 246 g/mol. The standard InChI is InChI=1S/C12H7ClN2O2/c13-11-10(5-6-17-11)12(16)15-9-3-1-8(7-14)2-4-9/h1-6H,(H,15,16). The van der Waals surface area contributed by atoms with Crippen LogP contribution in [-0.4, -0.2) is 5.91 Å². The zero-order valence-electron chi connectivity index (χ0n) is 8.61. The van der Waals surface area contributed by atoms with Gasteiger partial charge in [0.05, 0.1) is 23.5 Å². The van der Waals surface area contributed by atoms with Crippen molar-refractivity contribution in [3.63, 3.8) is 0 Å². The summed E-state index contributed by atoms with van der Waals surface area (Å²) in [5.41, 5.74) is 1.40. The van der Waals surface area contributed by atoms with Gasteiger partial charge in [0.25, 0.3) is 5.91 Å². The highest BCUT2D eigenvalue weighted by Gasteiger charge is 2.12. The SMILES string of the molecule is N#Cc1ccc(NC(=O)c2ccoc2Cl)cc1. The molecule has 0 aliphatic heterocycles. The van der Waals surface area contributed by atoms with E-state index in [1.165, 1.54) is 12.3 Å². The number of hydrogen-bond donors (Lipinski definition) is 1. The van der Waals surface area contributed by atoms with Crippen molar-refractivity contribution in [2.75, 3.05) is 5.32 Å². The first-order valence-electron chi connectivity index (χ1n) is 4.75. The number of benzene rings is 1. The highest BCUT2D eigenvalue weighted by Crippen LogP contribution is 2.18. The third-order valence-corrected chi connectivity index (χ3v) is 2.43. The molecule has 5 heteroatoms. The predicted octanol–water partition coefficient (Wildman–Crippen LogP) is 3.06. The van der Waals surface area contributed by atoms with E-state index < -0.39 is 0 Å². The minimum absolute atomic E-state index is 0.0520. The lowest BCUT2D eigenvalue weighted by molar-refractivity contribution is 0.102. The average molecular weight is 247 g/mol.